The lowest BCUT2D eigenvalue weighted by Gasteiger charge is -2.36. The van der Waals surface area contributed by atoms with Gasteiger partial charge in [0.05, 0.1) is 0 Å². The molecule has 5 nitrogen and oxygen atoms in total. The second-order valence-electron chi connectivity index (χ2n) is 5.64. The maximum Gasteiger partial charge on any atom is 0.228 e. The van der Waals surface area contributed by atoms with E-state index in [1.54, 1.807) is 6.20 Å². The highest BCUT2D eigenvalue weighted by Crippen LogP contribution is 2.31. The van der Waals surface area contributed by atoms with E-state index in [-0.39, 0.29) is 5.54 Å². The standard InChI is InChI=1S/C15H19BrN4O/c1-17-15(7-3-2-4-8-15)9-13-19-14(20-21-13)12-6-5-11(16)10-18-12/h5-6,10,17H,2-4,7-9H2,1H3. The van der Waals surface area contributed by atoms with Crippen LogP contribution in [-0.4, -0.2) is 27.7 Å². The normalized spacial score (nSPS) is 17.8. The molecule has 0 bridgehead atoms. The van der Waals surface area contributed by atoms with Crippen LogP contribution in [0.5, 0.6) is 0 Å². The molecule has 0 aliphatic heterocycles. The first-order chi connectivity index (χ1) is 10.2. The number of rotatable bonds is 4. The molecule has 0 saturated heterocycles. The largest absolute Gasteiger partial charge is 0.339 e. The molecule has 0 atom stereocenters. The van der Waals surface area contributed by atoms with Crippen LogP contribution in [0.25, 0.3) is 11.5 Å². The zero-order valence-electron chi connectivity index (χ0n) is 12.1. The Morgan fingerprint density at radius 1 is 1.29 bits per heavy atom. The summed E-state index contributed by atoms with van der Waals surface area (Å²) in [5.41, 5.74) is 0.838. The summed E-state index contributed by atoms with van der Waals surface area (Å²) in [7, 11) is 2.03. The fourth-order valence-electron chi connectivity index (χ4n) is 2.97. The minimum absolute atomic E-state index is 0.106. The monoisotopic (exact) mass is 350 g/mol. The lowest BCUT2D eigenvalue weighted by atomic mass is 9.79. The van der Waals surface area contributed by atoms with Crippen molar-refractivity contribution in [1.29, 1.82) is 0 Å². The van der Waals surface area contributed by atoms with E-state index in [0.29, 0.717) is 11.7 Å². The van der Waals surface area contributed by atoms with Crippen LogP contribution in [0.2, 0.25) is 0 Å². The summed E-state index contributed by atoms with van der Waals surface area (Å²) in [5, 5.41) is 7.53. The predicted octanol–water partition coefficient (Wildman–Crippen LogP) is 3.36. The van der Waals surface area contributed by atoms with Crippen LogP contribution in [0.4, 0.5) is 0 Å². The van der Waals surface area contributed by atoms with Gasteiger partial charge in [0.2, 0.25) is 11.7 Å². The van der Waals surface area contributed by atoms with Gasteiger partial charge >= 0.3 is 0 Å². The van der Waals surface area contributed by atoms with E-state index in [2.05, 4.69) is 36.4 Å². The van der Waals surface area contributed by atoms with Crippen LogP contribution in [0.3, 0.4) is 0 Å². The van der Waals surface area contributed by atoms with Crippen LogP contribution in [0.1, 0.15) is 38.0 Å². The molecule has 0 amide bonds. The predicted molar refractivity (Wildman–Crippen MR) is 83.8 cm³/mol. The highest BCUT2D eigenvalue weighted by molar-refractivity contribution is 9.10. The summed E-state index contributed by atoms with van der Waals surface area (Å²) >= 11 is 3.37. The summed E-state index contributed by atoms with van der Waals surface area (Å²) < 4.78 is 6.36. The van der Waals surface area contributed by atoms with Gasteiger partial charge in [-0.3, -0.25) is 4.98 Å². The van der Waals surface area contributed by atoms with E-state index >= 15 is 0 Å². The third-order valence-corrected chi connectivity index (χ3v) is 4.72. The summed E-state index contributed by atoms with van der Waals surface area (Å²) in [6.07, 6.45) is 8.69. The Labute approximate surface area is 132 Å². The van der Waals surface area contributed by atoms with Crippen LogP contribution < -0.4 is 5.32 Å². The van der Waals surface area contributed by atoms with E-state index < -0.39 is 0 Å². The van der Waals surface area contributed by atoms with Crippen molar-refractivity contribution in [2.75, 3.05) is 7.05 Å². The number of pyridine rings is 1. The molecular weight excluding hydrogens is 332 g/mol. The molecule has 1 aliphatic carbocycles. The number of aromatic nitrogens is 3. The van der Waals surface area contributed by atoms with E-state index in [0.717, 1.165) is 29.4 Å². The molecule has 1 saturated carbocycles. The molecule has 3 rings (SSSR count). The molecule has 21 heavy (non-hydrogen) atoms. The quantitative estimate of drug-likeness (QED) is 0.915. The Morgan fingerprint density at radius 2 is 2.10 bits per heavy atom. The summed E-state index contributed by atoms with van der Waals surface area (Å²) in [5.74, 6) is 1.24. The van der Waals surface area contributed by atoms with Gasteiger partial charge in [0, 0.05) is 22.6 Å². The fourth-order valence-corrected chi connectivity index (χ4v) is 3.21. The molecule has 112 valence electrons. The molecule has 6 heteroatoms. The highest BCUT2D eigenvalue weighted by Gasteiger charge is 2.32. The highest BCUT2D eigenvalue weighted by atomic mass is 79.9. The van der Waals surface area contributed by atoms with Gasteiger partial charge in [-0.05, 0) is 48.0 Å². The van der Waals surface area contributed by atoms with Gasteiger partial charge < -0.3 is 9.84 Å². The molecular formula is C15H19BrN4O. The maximum absolute atomic E-state index is 5.43. The second-order valence-corrected chi connectivity index (χ2v) is 6.56. The van der Waals surface area contributed by atoms with Crippen molar-refractivity contribution in [3.05, 3.63) is 28.7 Å². The number of likely N-dealkylation sites (N-methyl/N-ethyl adjacent to an activating group) is 1. The van der Waals surface area contributed by atoms with Gasteiger partial charge in [0.15, 0.2) is 0 Å². The molecule has 0 unspecified atom stereocenters. The van der Waals surface area contributed by atoms with Crippen molar-refractivity contribution in [1.82, 2.24) is 20.4 Å². The zero-order chi connectivity index (χ0) is 14.7. The van der Waals surface area contributed by atoms with Crippen molar-refractivity contribution < 1.29 is 4.52 Å². The number of nitrogens with zero attached hydrogens (tertiary/aromatic N) is 3. The average molecular weight is 351 g/mol. The second kappa shape index (κ2) is 6.23. The molecule has 1 N–H and O–H groups in total. The fraction of sp³-hybridized carbons (Fsp3) is 0.533. The molecule has 0 aromatic carbocycles. The Balaban J connectivity index is 1.76. The Hall–Kier alpha value is -1.27. The molecule has 1 aliphatic rings. The SMILES string of the molecule is CNC1(Cc2nc(-c3ccc(Br)cn3)no2)CCCCC1. The smallest absolute Gasteiger partial charge is 0.228 e. The van der Waals surface area contributed by atoms with Crippen molar-refractivity contribution in [2.24, 2.45) is 0 Å². The summed E-state index contributed by atoms with van der Waals surface area (Å²) in [4.78, 5) is 8.80. The first kappa shape index (κ1) is 14.7. The van der Waals surface area contributed by atoms with Gasteiger partial charge in [-0.1, -0.05) is 24.4 Å². The van der Waals surface area contributed by atoms with Crippen molar-refractivity contribution in [2.45, 2.75) is 44.1 Å². The molecule has 2 heterocycles. The van der Waals surface area contributed by atoms with Gasteiger partial charge in [-0.15, -0.1) is 0 Å². The van der Waals surface area contributed by atoms with Gasteiger partial charge in [0.25, 0.3) is 0 Å². The molecule has 1 fully saturated rings. The zero-order valence-corrected chi connectivity index (χ0v) is 13.7. The minimum Gasteiger partial charge on any atom is -0.339 e. The lowest BCUT2D eigenvalue weighted by Crippen LogP contribution is -2.46. The number of hydrogen-bond donors (Lipinski definition) is 1. The third kappa shape index (κ3) is 3.32. The molecule has 0 radical (unpaired) electrons. The van der Waals surface area contributed by atoms with Crippen LogP contribution in [-0.2, 0) is 6.42 Å². The van der Waals surface area contributed by atoms with Crippen molar-refractivity contribution in [3.63, 3.8) is 0 Å². The van der Waals surface area contributed by atoms with Crippen LogP contribution in [0, 0.1) is 0 Å². The number of halogens is 1. The Bertz CT molecular complexity index is 590. The third-order valence-electron chi connectivity index (χ3n) is 4.26. The first-order valence-electron chi connectivity index (χ1n) is 7.34. The first-order valence-corrected chi connectivity index (χ1v) is 8.13. The van der Waals surface area contributed by atoms with E-state index in [4.69, 9.17) is 4.52 Å². The van der Waals surface area contributed by atoms with E-state index in [1.165, 1.54) is 19.3 Å². The van der Waals surface area contributed by atoms with Crippen LogP contribution in [0.15, 0.2) is 27.3 Å². The van der Waals surface area contributed by atoms with Crippen molar-refractivity contribution >= 4 is 15.9 Å². The Kier molecular flexibility index (Phi) is 4.35. The van der Waals surface area contributed by atoms with Gasteiger partial charge in [-0.2, -0.15) is 4.98 Å². The average Bonchev–Trinajstić information content (AvgIpc) is 2.97. The maximum atomic E-state index is 5.43. The lowest BCUT2D eigenvalue weighted by molar-refractivity contribution is 0.221. The summed E-state index contributed by atoms with van der Waals surface area (Å²) in [6.45, 7) is 0. The van der Waals surface area contributed by atoms with Gasteiger partial charge in [-0.25, -0.2) is 0 Å². The van der Waals surface area contributed by atoms with E-state index in [1.807, 2.05) is 19.2 Å². The topological polar surface area (TPSA) is 63.8 Å². The van der Waals surface area contributed by atoms with Gasteiger partial charge in [0.1, 0.15) is 5.69 Å². The van der Waals surface area contributed by atoms with E-state index in [9.17, 15) is 0 Å². The van der Waals surface area contributed by atoms with Crippen LogP contribution >= 0.6 is 15.9 Å². The molecule has 0 spiro atoms. The summed E-state index contributed by atoms with van der Waals surface area (Å²) in [6, 6.07) is 3.81. The van der Waals surface area contributed by atoms with Crippen molar-refractivity contribution in [3.8, 4) is 11.5 Å². The molecule has 2 aromatic heterocycles. The number of hydrogen-bond acceptors (Lipinski definition) is 5. The number of nitrogens with one attached hydrogen (secondary N) is 1. The minimum atomic E-state index is 0.106. The Morgan fingerprint density at radius 3 is 2.76 bits per heavy atom. The molecule has 2 aromatic rings.